The summed E-state index contributed by atoms with van der Waals surface area (Å²) in [5.41, 5.74) is 3.02. The van der Waals surface area contributed by atoms with Crippen LogP contribution in [0.3, 0.4) is 0 Å². The van der Waals surface area contributed by atoms with E-state index in [1.807, 2.05) is 31.2 Å². The Bertz CT molecular complexity index is 585. The van der Waals surface area contributed by atoms with Gasteiger partial charge in [0.15, 0.2) is 0 Å². The van der Waals surface area contributed by atoms with E-state index in [4.69, 9.17) is 4.43 Å². The van der Waals surface area contributed by atoms with Gasteiger partial charge in [0.25, 0.3) is 0 Å². The monoisotopic (exact) mass is 287 g/mol. The molecule has 20 heavy (non-hydrogen) atoms. The van der Waals surface area contributed by atoms with Gasteiger partial charge in [-0.15, -0.1) is 0 Å². The highest BCUT2D eigenvalue weighted by molar-refractivity contribution is 6.70. The molecule has 1 N–H and O–H groups in total. The molecule has 0 aliphatic rings. The van der Waals surface area contributed by atoms with E-state index in [1.165, 1.54) is 0 Å². The summed E-state index contributed by atoms with van der Waals surface area (Å²) in [6.45, 7) is 9.15. The fourth-order valence-electron chi connectivity index (χ4n) is 1.81. The summed E-state index contributed by atoms with van der Waals surface area (Å²) in [6.07, 6.45) is 1.73. The molecule has 0 atom stereocenters. The van der Waals surface area contributed by atoms with Crippen molar-refractivity contribution >= 4 is 14.0 Å². The Morgan fingerprint density at radius 1 is 1.25 bits per heavy atom. The van der Waals surface area contributed by atoms with Gasteiger partial charge >= 0.3 is 0 Å². The first-order valence-electron chi connectivity index (χ1n) is 6.73. The van der Waals surface area contributed by atoms with Crippen LogP contribution in [-0.2, 0) is 6.54 Å². The number of aromatic nitrogens is 2. The van der Waals surface area contributed by atoms with E-state index in [1.54, 1.807) is 6.20 Å². The quantitative estimate of drug-likeness (QED) is 0.674. The molecule has 0 saturated heterocycles. The fraction of sp³-hybridized carbons (Fsp3) is 0.333. The van der Waals surface area contributed by atoms with Crippen LogP contribution in [0.4, 0.5) is 0 Å². The molecule has 0 fully saturated rings. The van der Waals surface area contributed by atoms with Gasteiger partial charge in [-0.2, -0.15) is 5.10 Å². The molecule has 106 valence electrons. The molecule has 1 aromatic heterocycles. The maximum atomic E-state index is 6.11. The van der Waals surface area contributed by atoms with E-state index in [0.717, 1.165) is 22.7 Å². The van der Waals surface area contributed by atoms with Crippen molar-refractivity contribution in [2.75, 3.05) is 0 Å². The van der Waals surface area contributed by atoms with Gasteiger partial charge < -0.3 is 4.43 Å². The third-order valence-corrected chi connectivity index (χ3v) is 3.60. The normalized spacial score (nSPS) is 12.5. The standard InChI is InChI=1S/C15H21N3OSi/c1-12(14-9-10-17-18-14)16-11-13-7-5-6-8-15(13)19-20(2,3)4/h5-10H,11H2,1-4H3,(H,17,18). The van der Waals surface area contributed by atoms with Crippen LogP contribution >= 0.6 is 0 Å². The topological polar surface area (TPSA) is 50.3 Å². The SMILES string of the molecule is CC(=NCc1ccccc1O[Si](C)(C)C)c1ccn[nH]1. The number of aromatic amines is 1. The first-order chi connectivity index (χ1) is 9.46. The van der Waals surface area contributed by atoms with Gasteiger partial charge in [0.1, 0.15) is 5.75 Å². The smallest absolute Gasteiger partial charge is 0.242 e. The summed E-state index contributed by atoms with van der Waals surface area (Å²) in [5, 5.41) is 6.86. The zero-order chi connectivity index (χ0) is 14.6. The van der Waals surface area contributed by atoms with Crippen LogP contribution in [0.1, 0.15) is 18.2 Å². The molecular weight excluding hydrogens is 266 g/mol. The van der Waals surface area contributed by atoms with Crippen molar-refractivity contribution in [3.63, 3.8) is 0 Å². The minimum absolute atomic E-state index is 0.617. The lowest BCUT2D eigenvalue weighted by molar-refractivity contribution is 0.549. The number of aliphatic imine (C=N–C) groups is 1. The summed E-state index contributed by atoms with van der Waals surface area (Å²) >= 11 is 0. The Morgan fingerprint density at radius 3 is 2.65 bits per heavy atom. The van der Waals surface area contributed by atoms with Gasteiger partial charge in [-0.3, -0.25) is 10.1 Å². The van der Waals surface area contributed by atoms with Crippen molar-refractivity contribution in [1.29, 1.82) is 0 Å². The van der Waals surface area contributed by atoms with E-state index in [0.29, 0.717) is 6.54 Å². The maximum absolute atomic E-state index is 6.11. The van der Waals surface area contributed by atoms with Crippen molar-refractivity contribution in [3.8, 4) is 5.75 Å². The second kappa shape index (κ2) is 6.05. The highest BCUT2D eigenvalue weighted by Crippen LogP contribution is 2.22. The second-order valence-corrected chi connectivity index (χ2v) is 10.1. The van der Waals surface area contributed by atoms with Crippen molar-refractivity contribution in [2.24, 2.45) is 4.99 Å². The average Bonchev–Trinajstić information content (AvgIpc) is 2.89. The highest BCUT2D eigenvalue weighted by atomic mass is 28.4. The molecule has 0 radical (unpaired) electrons. The lowest BCUT2D eigenvalue weighted by Crippen LogP contribution is -2.29. The largest absolute Gasteiger partial charge is 0.544 e. The van der Waals surface area contributed by atoms with E-state index in [-0.39, 0.29) is 0 Å². The van der Waals surface area contributed by atoms with Gasteiger partial charge in [-0.1, -0.05) is 18.2 Å². The molecule has 0 saturated carbocycles. The van der Waals surface area contributed by atoms with Gasteiger partial charge in [0.05, 0.1) is 18.0 Å². The number of hydrogen-bond acceptors (Lipinski definition) is 3. The Labute approximate surface area is 121 Å². The van der Waals surface area contributed by atoms with Crippen molar-refractivity contribution in [2.45, 2.75) is 33.1 Å². The third kappa shape index (κ3) is 4.06. The number of H-pyrrole nitrogens is 1. The molecular formula is C15H21N3OSi. The Hall–Kier alpha value is -1.88. The minimum Gasteiger partial charge on any atom is -0.544 e. The Morgan fingerprint density at radius 2 is 2.00 bits per heavy atom. The van der Waals surface area contributed by atoms with E-state index in [2.05, 4.69) is 40.9 Å². The van der Waals surface area contributed by atoms with E-state index < -0.39 is 8.32 Å². The Kier molecular flexibility index (Phi) is 4.39. The van der Waals surface area contributed by atoms with Crippen LogP contribution < -0.4 is 4.43 Å². The predicted molar refractivity (Wildman–Crippen MR) is 84.9 cm³/mol. The molecule has 0 aliphatic carbocycles. The van der Waals surface area contributed by atoms with Crippen molar-refractivity contribution in [3.05, 3.63) is 47.8 Å². The van der Waals surface area contributed by atoms with Crippen molar-refractivity contribution < 1.29 is 4.43 Å². The molecule has 0 unspecified atom stereocenters. The molecule has 0 amide bonds. The van der Waals surface area contributed by atoms with Crippen LogP contribution in [-0.4, -0.2) is 24.2 Å². The lowest BCUT2D eigenvalue weighted by Gasteiger charge is -2.21. The molecule has 0 aliphatic heterocycles. The minimum atomic E-state index is -1.60. The molecule has 5 heteroatoms. The average molecular weight is 287 g/mol. The third-order valence-electron chi connectivity index (χ3n) is 2.77. The number of rotatable bonds is 5. The molecule has 2 rings (SSSR count). The summed E-state index contributed by atoms with van der Waals surface area (Å²) in [6, 6.07) is 10.0. The van der Waals surface area contributed by atoms with Crippen molar-refractivity contribution in [1.82, 2.24) is 10.2 Å². The van der Waals surface area contributed by atoms with E-state index >= 15 is 0 Å². The van der Waals surface area contributed by atoms with Crippen LogP contribution in [0, 0.1) is 0 Å². The number of hydrogen-bond donors (Lipinski definition) is 1. The van der Waals surface area contributed by atoms with Crippen LogP contribution in [0.2, 0.25) is 19.6 Å². The number of nitrogens with zero attached hydrogens (tertiary/aromatic N) is 2. The van der Waals surface area contributed by atoms with E-state index in [9.17, 15) is 0 Å². The first kappa shape index (κ1) is 14.5. The second-order valence-electron chi connectivity index (χ2n) is 5.69. The van der Waals surface area contributed by atoms with Crippen LogP contribution in [0.15, 0.2) is 41.5 Å². The summed E-state index contributed by atoms with van der Waals surface area (Å²) in [7, 11) is -1.60. The predicted octanol–water partition coefficient (Wildman–Crippen LogP) is 3.63. The lowest BCUT2D eigenvalue weighted by atomic mass is 10.2. The zero-order valence-corrected chi connectivity index (χ0v) is 13.5. The maximum Gasteiger partial charge on any atom is 0.242 e. The Balaban J connectivity index is 2.16. The summed E-state index contributed by atoms with van der Waals surface area (Å²) in [5.74, 6) is 0.952. The zero-order valence-electron chi connectivity index (χ0n) is 12.5. The number of benzene rings is 1. The first-order valence-corrected chi connectivity index (χ1v) is 10.1. The highest BCUT2D eigenvalue weighted by Gasteiger charge is 2.17. The molecule has 1 aromatic carbocycles. The fourth-order valence-corrected chi connectivity index (χ4v) is 2.67. The summed E-state index contributed by atoms with van der Waals surface area (Å²) < 4.78 is 6.11. The molecule has 0 spiro atoms. The molecule has 4 nitrogen and oxygen atoms in total. The van der Waals surface area contributed by atoms with Gasteiger partial charge in [-0.05, 0) is 38.7 Å². The number of para-hydroxylation sites is 1. The van der Waals surface area contributed by atoms with Crippen LogP contribution in [0.5, 0.6) is 5.75 Å². The summed E-state index contributed by atoms with van der Waals surface area (Å²) in [4.78, 5) is 4.61. The van der Waals surface area contributed by atoms with Gasteiger partial charge in [0.2, 0.25) is 8.32 Å². The number of nitrogens with one attached hydrogen (secondary N) is 1. The molecule has 2 aromatic rings. The van der Waals surface area contributed by atoms with Crippen LogP contribution in [0.25, 0.3) is 0 Å². The molecule has 0 bridgehead atoms. The van der Waals surface area contributed by atoms with Gasteiger partial charge in [0, 0.05) is 11.8 Å². The molecule has 1 heterocycles. The van der Waals surface area contributed by atoms with Gasteiger partial charge in [-0.25, -0.2) is 0 Å².